The van der Waals surface area contributed by atoms with Crippen LogP contribution in [0, 0.1) is 0 Å². The predicted molar refractivity (Wildman–Crippen MR) is 239 cm³/mol. The summed E-state index contributed by atoms with van der Waals surface area (Å²) in [6, 6.07) is 74.5. The second kappa shape index (κ2) is 12.5. The van der Waals surface area contributed by atoms with Crippen LogP contribution < -0.4 is 0 Å². The van der Waals surface area contributed by atoms with Gasteiger partial charge in [0, 0.05) is 49.3 Å². The van der Waals surface area contributed by atoms with Crippen LogP contribution in [-0.2, 0) is 0 Å². The van der Waals surface area contributed by atoms with Crippen molar-refractivity contribution in [3.8, 4) is 44.8 Å². The number of para-hydroxylation sites is 3. The minimum atomic E-state index is 0.910. The molecule has 0 bridgehead atoms. The molecule has 12 rings (SSSR count). The molecule has 0 radical (unpaired) electrons. The first kappa shape index (κ1) is 31.7. The summed E-state index contributed by atoms with van der Waals surface area (Å²) >= 11 is 0. The van der Waals surface area contributed by atoms with Crippen molar-refractivity contribution in [2.24, 2.45) is 0 Å². The summed E-state index contributed by atoms with van der Waals surface area (Å²) < 4.78 is 11.3. The van der Waals surface area contributed by atoms with Crippen molar-refractivity contribution < 1.29 is 4.42 Å². The van der Waals surface area contributed by atoms with Crippen molar-refractivity contribution in [3.05, 3.63) is 206 Å². The first-order valence-corrected chi connectivity index (χ1v) is 19.5. The number of fused-ring (bicyclic) bond motifs is 9. The van der Waals surface area contributed by atoms with E-state index in [-0.39, 0.29) is 0 Å². The second-order valence-electron chi connectivity index (χ2n) is 14.9. The van der Waals surface area contributed by atoms with Gasteiger partial charge in [-0.05, 0) is 94.5 Å². The maximum absolute atomic E-state index is 6.44. The van der Waals surface area contributed by atoms with Gasteiger partial charge in [0.05, 0.1) is 22.1 Å². The molecule has 12 aromatic rings. The van der Waals surface area contributed by atoms with Crippen molar-refractivity contribution in [2.45, 2.75) is 0 Å². The number of aromatic nitrogens is 2. The quantitative estimate of drug-likeness (QED) is 0.173. The van der Waals surface area contributed by atoms with Crippen molar-refractivity contribution in [1.82, 2.24) is 9.13 Å². The Morgan fingerprint density at radius 3 is 1.35 bits per heavy atom. The summed E-state index contributed by atoms with van der Waals surface area (Å²) in [6.07, 6.45) is 0. The number of hydrogen-bond donors (Lipinski definition) is 0. The van der Waals surface area contributed by atoms with Crippen LogP contribution in [0.5, 0.6) is 0 Å². The molecule has 0 saturated carbocycles. The lowest BCUT2D eigenvalue weighted by molar-refractivity contribution is 0.670. The zero-order valence-electron chi connectivity index (χ0n) is 30.9. The van der Waals surface area contributed by atoms with Gasteiger partial charge >= 0.3 is 0 Å². The minimum Gasteiger partial charge on any atom is -0.455 e. The molecular weight excluding hydrogens is 693 g/mol. The van der Waals surface area contributed by atoms with Crippen molar-refractivity contribution in [1.29, 1.82) is 0 Å². The zero-order valence-corrected chi connectivity index (χ0v) is 30.9. The number of benzene rings is 9. The Morgan fingerprint density at radius 2 is 0.754 bits per heavy atom. The largest absolute Gasteiger partial charge is 0.455 e. The van der Waals surface area contributed by atoms with E-state index in [0.717, 1.165) is 44.4 Å². The van der Waals surface area contributed by atoms with E-state index >= 15 is 0 Å². The molecule has 57 heavy (non-hydrogen) atoms. The summed E-state index contributed by atoms with van der Waals surface area (Å²) in [5.41, 5.74) is 15.8. The standard InChI is InChI=1S/C54H34N2O/c1-4-13-35(14-5-1)38-25-29-49-45(31-38)47-34-52-48(33-51(47)55(49)40-17-8-3-9-18-40)46-32-39(36-15-6-2-7-16-36)26-30-50(46)56(52)41-27-23-37(24-28-41)42-20-12-21-44-43-19-10-11-22-53(43)57-54(42)44/h1-34H. The van der Waals surface area contributed by atoms with Gasteiger partial charge in [0.15, 0.2) is 0 Å². The topological polar surface area (TPSA) is 23.0 Å². The van der Waals surface area contributed by atoms with Gasteiger partial charge in [-0.3, -0.25) is 0 Å². The van der Waals surface area contributed by atoms with E-state index in [1.165, 1.54) is 65.9 Å². The van der Waals surface area contributed by atoms with Gasteiger partial charge in [-0.15, -0.1) is 0 Å². The average Bonchev–Trinajstić information content (AvgIpc) is 3.93. The summed E-state index contributed by atoms with van der Waals surface area (Å²) in [6.45, 7) is 0. The molecule has 3 heteroatoms. The lowest BCUT2D eigenvalue weighted by Gasteiger charge is -2.11. The van der Waals surface area contributed by atoms with E-state index < -0.39 is 0 Å². The average molecular weight is 727 g/mol. The van der Waals surface area contributed by atoms with Gasteiger partial charge in [-0.1, -0.05) is 140 Å². The number of furan rings is 1. The van der Waals surface area contributed by atoms with E-state index in [9.17, 15) is 0 Å². The van der Waals surface area contributed by atoms with E-state index in [0.29, 0.717) is 0 Å². The number of rotatable bonds is 5. The highest BCUT2D eigenvalue weighted by atomic mass is 16.3. The van der Waals surface area contributed by atoms with E-state index in [4.69, 9.17) is 4.42 Å². The molecule has 0 aliphatic heterocycles. The fraction of sp³-hybridized carbons (Fsp3) is 0. The highest BCUT2D eigenvalue weighted by Gasteiger charge is 2.20. The lowest BCUT2D eigenvalue weighted by Crippen LogP contribution is -1.95. The Hall–Kier alpha value is -7.62. The van der Waals surface area contributed by atoms with Crippen molar-refractivity contribution in [2.75, 3.05) is 0 Å². The number of nitrogens with zero attached hydrogens (tertiary/aromatic N) is 2. The third kappa shape index (κ3) is 4.92. The van der Waals surface area contributed by atoms with Gasteiger partial charge in [-0.2, -0.15) is 0 Å². The van der Waals surface area contributed by atoms with Crippen LogP contribution in [-0.4, -0.2) is 9.13 Å². The Morgan fingerprint density at radius 1 is 0.281 bits per heavy atom. The SMILES string of the molecule is c1ccc(-c2ccc3c(c2)c2cc4c(cc2n3-c2ccccc2)c2cc(-c3ccccc3)ccc2n4-c2ccc(-c3cccc4c3oc3ccccc34)cc2)cc1. The fourth-order valence-electron chi connectivity index (χ4n) is 9.05. The van der Waals surface area contributed by atoms with Gasteiger partial charge in [0.2, 0.25) is 0 Å². The Kier molecular flexibility index (Phi) is 6.93. The molecule has 0 unspecified atom stereocenters. The molecular formula is C54H34N2O. The molecule has 0 aliphatic rings. The Balaban J connectivity index is 1.12. The summed E-state index contributed by atoms with van der Waals surface area (Å²) in [7, 11) is 0. The molecule has 3 aromatic heterocycles. The van der Waals surface area contributed by atoms with Crippen molar-refractivity contribution >= 4 is 65.6 Å². The normalized spacial score (nSPS) is 11.9. The molecule has 0 N–H and O–H groups in total. The maximum atomic E-state index is 6.44. The van der Waals surface area contributed by atoms with E-state index in [2.05, 4.69) is 203 Å². The molecule has 0 fully saturated rings. The predicted octanol–water partition coefficient (Wildman–Crippen LogP) is 14.8. The Bertz CT molecular complexity index is 3480. The van der Waals surface area contributed by atoms with E-state index in [1.807, 2.05) is 12.1 Å². The highest BCUT2D eigenvalue weighted by molar-refractivity contribution is 6.20. The second-order valence-corrected chi connectivity index (χ2v) is 14.9. The molecule has 9 aromatic carbocycles. The molecule has 266 valence electrons. The van der Waals surface area contributed by atoms with Gasteiger partial charge in [0.25, 0.3) is 0 Å². The van der Waals surface area contributed by atoms with Crippen LogP contribution in [0.1, 0.15) is 0 Å². The Labute approximate surface area is 328 Å². The molecule has 0 atom stereocenters. The van der Waals surface area contributed by atoms with Crippen LogP contribution in [0.15, 0.2) is 211 Å². The monoisotopic (exact) mass is 726 g/mol. The molecule has 3 nitrogen and oxygen atoms in total. The highest BCUT2D eigenvalue weighted by Crippen LogP contribution is 2.42. The van der Waals surface area contributed by atoms with E-state index in [1.54, 1.807) is 0 Å². The third-order valence-electron chi connectivity index (χ3n) is 11.7. The maximum Gasteiger partial charge on any atom is 0.143 e. The van der Waals surface area contributed by atoms with Gasteiger partial charge in [-0.25, -0.2) is 0 Å². The molecule has 0 spiro atoms. The fourth-order valence-corrected chi connectivity index (χ4v) is 9.05. The van der Waals surface area contributed by atoms with Gasteiger partial charge < -0.3 is 13.6 Å². The van der Waals surface area contributed by atoms with Crippen LogP contribution in [0.2, 0.25) is 0 Å². The zero-order chi connectivity index (χ0) is 37.5. The molecule has 0 amide bonds. The summed E-state index contributed by atoms with van der Waals surface area (Å²) in [5.74, 6) is 0. The first-order valence-electron chi connectivity index (χ1n) is 19.5. The molecule has 3 heterocycles. The summed E-state index contributed by atoms with van der Waals surface area (Å²) in [5, 5.41) is 7.17. The smallest absolute Gasteiger partial charge is 0.143 e. The van der Waals surface area contributed by atoms with Crippen LogP contribution in [0.25, 0.3) is 110 Å². The lowest BCUT2D eigenvalue weighted by atomic mass is 10.0. The number of hydrogen-bond acceptors (Lipinski definition) is 1. The van der Waals surface area contributed by atoms with Gasteiger partial charge in [0.1, 0.15) is 11.2 Å². The van der Waals surface area contributed by atoms with Crippen LogP contribution in [0.4, 0.5) is 0 Å². The summed E-state index contributed by atoms with van der Waals surface area (Å²) in [4.78, 5) is 0. The van der Waals surface area contributed by atoms with Crippen molar-refractivity contribution in [3.63, 3.8) is 0 Å². The van der Waals surface area contributed by atoms with Crippen LogP contribution in [0.3, 0.4) is 0 Å². The third-order valence-corrected chi connectivity index (χ3v) is 11.7. The minimum absolute atomic E-state index is 0.910. The van der Waals surface area contributed by atoms with Crippen LogP contribution >= 0.6 is 0 Å². The first-order chi connectivity index (χ1) is 28.3. The molecule has 0 aliphatic carbocycles. The molecule has 0 saturated heterocycles.